The van der Waals surface area contributed by atoms with E-state index in [9.17, 15) is 29.3 Å². The standard InChI is InChI=1S/C33H22N2O7/c36-26(18-9-15-21(16-10-18)35(40)41)17-42-33(39)19-11-13-20(14-12-19)34-31(37)29-27-22-5-1-2-6-23(22)28(30(29)32(34)38)25-8-4-3-7-24(25)27/h1-16,27-30H,17H2/t27?,28?,29-,30+. The van der Waals surface area contributed by atoms with Crippen LogP contribution in [-0.4, -0.2) is 35.1 Å². The van der Waals surface area contributed by atoms with E-state index in [1.165, 1.54) is 53.4 Å². The molecule has 0 radical (unpaired) electrons. The molecule has 9 heteroatoms. The normalized spacial score (nSPS) is 21.4. The first-order valence-electron chi connectivity index (χ1n) is 13.5. The van der Waals surface area contributed by atoms with E-state index >= 15 is 0 Å². The molecule has 2 amide bonds. The molecule has 2 bridgehead atoms. The molecule has 4 aliphatic rings. The summed E-state index contributed by atoms with van der Waals surface area (Å²) in [4.78, 5) is 64.2. The van der Waals surface area contributed by atoms with Crippen LogP contribution in [0.1, 0.15) is 54.8 Å². The van der Waals surface area contributed by atoms with Crippen molar-refractivity contribution in [3.05, 3.63) is 141 Å². The van der Waals surface area contributed by atoms with Gasteiger partial charge in [0, 0.05) is 29.5 Å². The zero-order valence-corrected chi connectivity index (χ0v) is 22.0. The minimum Gasteiger partial charge on any atom is -0.454 e. The number of nitro benzene ring substituents is 1. The molecule has 0 saturated carbocycles. The maximum Gasteiger partial charge on any atom is 0.338 e. The average Bonchev–Trinajstić information content (AvgIpc) is 3.29. The highest BCUT2D eigenvalue weighted by Gasteiger charge is 2.61. The van der Waals surface area contributed by atoms with Gasteiger partial charge in [0.2, 0.25) is 11.8 Å². The molecule has 1 aliphatic heterocycles. The molecule has 206 valence electrons. The molecule has 1 saturated heterocycles. The Bertz CT molecular complexity index is 1700. The van der Waals surface area contributed by atoms with E-state index in [-0.39, 0.29) is 40.5 Å². The van der Waals surface area contributed by atoms with E-state index in [0.717, 1.165) is 22.3 Å². The SMILES string of the molecule is O=C(COC(=O)c1ccc(N2C(=O)[C@@H]3C4c5ccccc5C(c5ccccc54)[C@@H]3C2=O)cc1)c1ccc([N+](=O)[O-])cc1. The van der Waals surface area contributed by atoms with E-state index in [1.54, 1.807) is 0 Å². The summed E-state index contributed by atoms with van der Waals surface area (Å²) >= 11 is 0. The second-order valence-corrected chi connectivity index (χ2v) is 10.6. The second-order valence-electron chi connectivity index (χ2n) is 10.6. The van der Waals surface area contributed by atoms with Crippen molar-refractivity contribution in [2.75, 3.05) is 11.5 Å². The van der Waals surface area contributed by atoms with Crippen molar-refractivity contribution in [2.45, 2.75) is 11.8 Å². The highest BCUT2D eigenvalue weighted by molar-refractivity contribution is 6.23. The van der Waals surface area contributed by atoms with E-state index < -0.39 is 35.1 Å². The van der Waals surface area contributed by atoms with Crippen LogP contribution < -0.4 is 4.90 Å². The summed E-state index contributed by atoms with van der Waals surface area (Å²) in [6, 6.07) is 27.0. The Morgan fingerprint density at radius 1 is 0.690 bits per heavy atom. The van der Waals surface area contributed by atoms with Crippen LogP contribution in [0.3, 0.4) is 0 Å². The number of ether oxygens (including phenoxy) is 1. The number of benzene rings is 4. The first kappa shape index (κ1) is 25.5. The van der Waals surface area contributed by atoms with Gasteiger partial charge in [0.05, 0.1) is 28.0 Å². The van der Waals surface area contributed by atoms with Gasteiger partial charge in [0.1, 0.15) is 0 Å². The fraction of sp³-hybridized carbons (Fsp3) is 0.152. The molecule has 9 nitrogen and oxygen atoms in total. The van der Waals surface area contributed by atoms with Gasteiger partial charge in [-0.05, 0) is 58.7 Å². The summed E-state index contributed by atoms with van der Waals surface area (Å²) in [7, 11) is 0. The van der Waals surface area contributed by atoms with E-state index in [0.29, 0.717) is 5.69 Å². The zero-order valence-electron chi connectivity index (χ0n) is 22.0. The van der Waals surface area contributed by atoms with Crippen molar-refractivity contribution in [1.29, 1.82) is 0 Å². The molecule has 4 aromatic rings. The smallest absolute Gasteiger partial charge is 0.338 e. The number of imide groups is 1. The van der Waals surface area contributed by atoms with Crippen LogP contribution >= 0.6 is 0 Å². The number of amides is 2. The lowest BCUT2D eigenvalue weighted by Crippen LogP contribution is -2.41. The van der Waals surface area contributed by atoms with E-state index in [4.69, 9.17) is 4.74 Å². The molecule has 4 aromatic carbocycles. The Labute approximate surface area is 239 Å². The minimum atomic E-state index is -0.756. The number of rotatable bonds is 6. The Morgan fingerprint density at radius 2 is 1.14 bits per heavy atom. The third kappa shape index (κ3) is 3.77. The molecule has 0 N–H and O–H groups in total. The van der Waals surface area contributed by atoms with Crippen molar-refractivity contribution in [3.8, 4) is 0 Å². The molecular formula is C33H22N2O7. The lowest BCUT2D eigenvalue weighted by molar-refractivity contribution is -0.384. The number of Topliss-reactive ketones (excluding diaryl/α,β-unsaturated/α-hetero) is 1. The molecule has 1 heterocycles. The van der Waals surface area contributed by atoms with Crippen molar-refractivity contribution in [3.63, 3.8) is 0 Å². The molecule has 8 rings (SSSR count). The van der Waals surface area contributed by atoms with Gasteiger partial charge < -0.3 is 4.74 Å². The van der Waals surface area contributed by atoms with Gasteiger partial charge >= 0.3 is 5.97 Å². The van der Waals surface area contributed by atoms with Gasteiger partial charge in [-0.15, -0.1) is 0 Å². The molecule has 0 unspecified atom stereocenters. The highest BCUT2D eigenvalue weighted by Crippen LogP contribution is 2.61. The monoisotopic (exact) mass is 558 g/mol. The van der Waals surface area contributed by atoms with Crippen molar-refractivity contribution in [1.82, 2.24) is 0 Å². The number of nitrogens with zero attached hydrogens (tertiary/aromatic N) is 2. The number of hydrogen-bond donors (Lipinski definition) is 0. The number of hydrogen-bond acceptors (Lipinski definition) is 7. The van der Waals surface area contributed by atoms with Crippen molar-refractivity contribution in [2.24, 2.45) is 11.8 Å². The Balaban J connectivity index is 1.10. The number of ketones is 1. The summed E-state index contributed by atoms with van der Waals surface area (Å²) in [5, 5.41) is 10.8. The van der Waals surface area contributed by atoms with E-state index in [2.05, 4.69) is 0 Å². The molecular weight excluding hydrogens is 536 g/mol. The second kappa shape index (κ2) is 9.59. The van der Waals surface area contributed by atoms with Gasteiger partial charge in [0.15, 0.2) is 12.4 Å². The largest absolute Gasteiger partial charge is 0.454 e. The maximum atomic E-state index is 13.9. The quantitative estimate of drug-likeness (QED) is 0.107. The van der Waals surface area contributed by atoms with Crippen LogP contribution in [0.25, 0.3) is 0 Å². The summed E-state index contributed by atoms with van der Waals surface area (Å²) in [5.74, 6) is -3.23. The van der Waals surface area contributed by atoms with E-state index in [1.807, 2.05) is 48.5 Å². The fourth-order valence-corrected chi connectivity index (χ4v) is 6.75. The molecule has 0 aromatic heterocycles. The van der Waals surface area contributed by atoms with Gasteiger partial charge in [-0.2, -0.15) is 0 Å². The predicted octanol–water partition coefficient (Wildman–Crippen LogP) is 5.03. The highest BCUT2D eigenvalue weighted by atomic mass is 16.6. The Hall–Kier alpha value is -5.44. The molecule has 2 atom stereocenters. The predicted molar refractivity (Wildman–Crippen MR) is 150 cm³/mol. The first-order valence-corrected chi connectivity index (χ1v) is 13.5. The van der Waals surface area contributed by atoms with Crippen LogP contribution in [0.5, 0.6) is 0 Å². The lowest BCUT2D eigenvalue weighted by atomic mass is 9.55. The summed E-state index contributed by atoms with van der Waals surface area (Å²) in [6.45, 7) is -0.547. The van der Waals surface area contributed by atoms with Gasteiger partial charge in [-0.25, -0.2) is 9.69 Å². The molecule has 42 heavy (non-hydrogen) atoms. The number of esters is 1. The fourth-order valence-electron chi connectivity index (χ4n) is 6.75. The number of non-ortho nitro benzene ring substituents is 1. The van der Waals surface area contributed by atoms with Gasteiger partial charge in [-0.3, -0.25) is 24.5 Å². The summed E-state index contributed by atoms with van der Waals surface area (Å²) in [5.41, 5.74) is 4.89. The third-order valence-electron chi connectivity index (χ3n) is 8.54. The number of anilines is 1. The van der Waals surface area contributed by atoms with Crippen LogP contribution in [-0.2, 0) is 14.3 Å². The van der Waals surface area contributed by atoms with Crippen LogP contribution in [0.4, 0.5) is 11.4 Å². The number of carbonyl (C=O) groups is 4. The number of carbonyl (C=O) groups excluding carboxylic acids is 4. The third-order valence-corrected chi connectivity index (χ3v) is 8.54. The average molecular weight is 559 g/mol. The van der Waals surface area contributed by atoms with Gasteiger partial charge in [0.25, 0.3) is 5.69 Å². The minimum absolute atomic E-state index is 0.145. The summed E-state index contributed by atoms with van der Waals surface area (Å²) in [6.07, 6.45) is 0. The Kier molecular flexibility index (Phi) is 5.83. The maximum absolute atomic E-state index is 13.9. The van der Waals surface area contributed by atoms with Crippen LogP contribution in [0.15, 0.2) is 97.1 Å². The summed E-state index contributed by atoms with van der Waals surface area (Å²) < 4.78 is 5.14. The topological polar surface area (TPSA) is 124 Å². The Morgan fingerprint density at radius 3 is 1.60 bits per heavy atom. The van der Waals surface area contributed by atoms with Crippen molar-refractivity contribution >= 4 is 34.9 Å². The lowest BCUT2D eigenvalue weighted by Gasteiger charge is -2.45. The molecule has 3 aliphatic carbocycles. The van der Waals surface area contributed by atoms with Crippen LogP contribution in [0, 0.1) is 22.0 Å². The zero-order chi connectivity index (χ0) is 29.1. The first-order chi connectivity index (χ1) is 20.3. The molecule has 0 spiro atoms. The van der Waals surface area contributed by atoms with Crippen LogP contribution in [0.2, 0.25) is 0 Å². The van der Waals surface area contributed by atoms with Crippen molar-refractivity contribution < 1.29 is 28.8 Å². The molecule has 1 fully saturated rings. The number of nitro groups is 1. The van der Waals surface area contributed by atoms with Gasteiger partial charge in [-0.1, -0.05) is 48.5 Å².